The molecule has 0 saturated heterocycles. The molecule has 110 valence electrons. The molecule has 1 rings (SSSR count). The highest BCUT2D eigenvalue weighted by Gasteiger charge is 2.20. The summed E-state index contributed by atoms with van der Waals surface area (Å²) in [6.07, 6.45) is 0.647. The zero-order valence-corrected chi connectivity index (χ0v) is 13.0. The molecule has 7 heteroatoms. The summed E-state index contributed by atoms with van der Waals surface area (Å²) in [5.41, 5.74) is 5.71. The van der Waals surface area contributed by atoms with Gasteiger partial charge in [0.1, 0.15) is 6.07 Å². The van der Waals surface area contributed by atoms with Gasteiger partial charge in [0, 0.05) is 12.6 Å². The van der Waals surface area contributed by atoms with E-state index >= 15 is 0 Å². The summed E-state index contributed by atoms with van der Waals surface area (Å²) in [6.45, 7) is 4.20. The molecule has 0 aromatic heterocycles. The summed E-state index contributed by atoms with van der Waals surface area (Å²) in [5, 5.41) is 9.11. The van der Waals surface area contributed by atoms with Crippen LogP contribution in [0.3, 0.4) is 0 Å². The van der Waals surface area contributed by atoms with Gasteiger partial charge >= 0.3 is 0 Å². The summed E-state index contributed by atoms with van der Waals surface area (Å²) >= 11 is 5.79. The zero-order valence-electron chi connectivity index (χ0n) is 11.4. The minimum atomic E-state index is -3.71. The highest BCUT2D eigenvalue weighted by molar-refractivity contribution is 7.89. The summed E-state index contributed by atoms with van der Waals surface area (Å²) in [7, 11) is -3.71. The van der Waals surface area contributed by atoms with Crippen molar-refractivity contribution < 1.29 is 8.42 Å². The first-order chi connectivity index (χ1) is 9.30. The van der Waals surface area contributed by atoms with Gasteiger partial charge in [-0.25, -0.2) is 13.1 Å². The van der Waals surface area contributed by atoms with Crippen molar-refractivity contribution in [2.24, 2.45) is 11.7 Å². The summed E-state index contributed by atoms with van der Waals surface area (Å²) in [5.74, 6) is 0.325. The number of nitrogens with two attached hydrogens (primary N) is 1. The molecule has 5 nitrogen and oxygen atoms in total. The van der Waals surface area contributed by atoms with Gasteiger partial charge in [0.15, 0.2) is 0 Å². The van der Waals surface area contributed by atoms with Crippen molar-refractivity contribution in [2.45, 2.75) is 31.2 Å². The fourth-order valence-corrected chi connectivity index (χ4v) is 3.25. The molecule has 0 bridgehead atoms. The van der Waals surface area contributed by atoms with Crippen LogP contribution in [-0.2, 0) is 10.0 Å². The third-order valence-electron chi connectivity index (χ3n) is 2.73. The predicted octanol–water partition coefficient (Wildman–Crippen LogP) is 1.86. The molecule has 1 aromatic carbocycles. The first-order valence-electron chi connectivity index (χ1n) is 6.22. The van der Waals surface area contributed by atoms with E-state index in [2.05, 4.69) is 4.72 Å². The molecule has 1 unspecified atom stereocenters. The van der Waals surface area contributed by atoms with Crippen molar-refractivity contribution in [3.8, 4) is 6.07 Å². The number of hydrogen-bond donors (Lipinski definition) is 2. The predicted molar refractivity (Wildman–Crippen MR) is 78.8 cm³/mol. The van der Waals surface area contributed by atoms with E-state index in [1.807, 2.05) is 19.9 Å². The lowest BCUT2D eigenvalue weighted by Crippen LogP contribution is -2.40. The molecule has 0 spiro atoms. The van der Waals surface area contributed by atoms with Crippen molar-refractivity contribution in [3.05, 3.63) is 28.8 Å². The van der Waals surface area contributed by atoms with E-state index < -0.39 is 10.0 Å². The topological polar surface area (TPSA) is 96.0 Å². The molecule has 3 N–H and O–H groups in total. The molecule has 0 heterocycles. The second-order valence-corrected chi connectivity index (χ2v) is 7.06. The van der Waals surface area contributed by atoms with Crippen molar-refractivity contribution in [3.63, 3.8) is 0 Å². The number of nitriles is 1. The second-order valence-electron chi connectivity index (χ2n) is 4.94. The van der Waals surface area contributed by atoms with E-state index in [0.717, 1.165) is 0 Å². The Balaban J connectivity index is 3.02. The number of benzene rings is 1. The average Bonchev–Trinajstić information content (AvgIpc) is 2.37. The minimum Gasteiger partial charge on any atom is -0.329 e. The van der Waals surface area contributed by atoms with Crippen LogP contribution in [0.15, 0.2) is 23.1 Å². The van der Waals surface area contributed by atoms with E-state index in [-0.39, 0.29) is 28.1 Å². The maximum Gasteiger partial charge on any atom is 0.240 e. The van der Waals surface area contributed by atoms with Gasteiger partial charge in [0.2, 0.25) is 10.0 Å². The molecular weight excluding hydrogens is 298 g/mol. The van der Waals surface area contributed by atoms with Gasteiger partial charge in [-0.3, -0.25) is 0 Å². The Labute approximate surface area is 124 Å². The van der Waals surface area contributed by atoms with Crippen LogP contribution in [0.4, 0.5) is 0 Å². The molecule has 0 radical (unpaired) electrons. The first-order valence-corrected chi connectivity index (χ1v) is 8.08. The third kappa shape index (κ3) is 4.46. The highest BCUT2D eigenvalue weighted by atomic mass is 35.5. The lowest BCUT2D eigenvalue weighted by Gasteiger charge is -2.19. The molecule has 0 fully saturated rings. The Kier molecular flexibility index (Phi) is 5.96. The molecule has 0 aliphatic carbocycles. The quantitative estimate of drug-likeness (QED) is 0.837. The van der Waals surface area contributed by atoms with E-state index in [9.17, 15) is 8.42 Å². The van der Waals surface area contributed by atoms with Crippen molar-refractivity contribution in [1.82, 2.24) is 4.72 Å². The monoisotopic (exact) mass is 315 g/mol. The van der Waals surface area contributed by atoms with Gasteiger partial charge in [-0.05, 0) is 30.5 Å². The van der Waals surface area contributed by atoms with Crippen LogP contribution in [0.2, 0.25) is 5.02 Å². The molecule has 1 atom stereocenters. The van der Waals surface area contributed by atoms with E-state index in [1.54, 1.807) is 0 Å². The standard InChI is InChI=1S/C13H18ClN3O2S/c1-9(2)5-11(8-16)17-20(18,19)12-3-4-13(14)10(6-12)7-15/h3-4,6,9,11,17H,5,8,16H2,1-2H3. The van der Waals surface area contributed by atoms with E-state index in [0.29, 0.717) is 12.3 Å². The summed E-state index contributed by atoms with van der Waals surface area (Å²) in [4.78, 5) is 0.0145. The Morgan fingerprint density at radius 1 is 1.45 bits per heavy atom. The third-order valence-corrected chi connectivity index (χ3v) is 4.58. The minimum absolute atomic E-state index is 0.0145. The number of hydrogen-bond acceptors (Lipinski definition) is 4. The maximum atomic E-state index is 12.2. The van der Waals surface area contributed by atoms with Crippen LogP contribution < -0.4 is 10.5 Å². The second kappa shape index (κ2) is 7.04. The van der Waals surface area contributed by atoms with Gasteiger partial charge in [-0.2, -0.15) is 5.26 Å². The highest BCUT2D eigenvalue weighted by Crippen LogP contribution is 2.20. The fraction of sp³-hybridized carbons (Fsp3) is 0.462. The van der Waals surface area contributed by atoms with Crippen molar-refractivity contribution in [2.75, 3.05) is 6.54 Å². The molecule has 0 aliphatic rings. The Morgan fingerprint density at radius 3 is 2.60 bits per heavy atom. The molecule has 0 saturated carbocycles. The average molecular weight is 316 g/mol. The molecule has 0 amide bonds. The largest absolute Gasteiger partial charge is 0.329 e. The van der Waals surface area contributed by atoms with Crippen LogP contribution >= 0.6 is 11.6 Å². The number of halogens is 1. The summed E-state index contributed by atoms with van der Waals surface area (Å²) in [6, 6.07) is 5.55. The molecular formula is C13H18ClN3O2S. The van der Waals surface area contributed by atoms with Crippen LogP contribution in [0, 0.1) is 17.2 Å². The van der Waals surface area contributed by atoms with Gasteiger partial charge in [0.25, 0.3) is 0 Å². The van der Waals surface area contributed by atoms with Gasteiger partial charge in [-0.1, -0.05) is 25.4 Å². The lowest BCUT2D eigenvalue weighted by molar-refractivity contribution is 0.465. The lowest BCUT2D eigenvalue weighted by atomic mass is 10.1. The number of rotatable bonds is 6. The summed E-state index contributed by atoms with van der Waals surface area (Å²) < 4.78 is 27.0. The van der Waals surface area contributed by atoms with Crippen LogP contribution in [0.1, 0.15) is 25.8 Å². The molecule has 0 aliphatic heterocycles. The van der Waals surface area contributed by atoms with Gasteiger partial charge < -0.3 is 5.73 Å². The first kappa shape index (κ1) is 16.9. The zero-order chi connectivity index (χ0) is 15.3. The van der Waals surface area contributed by atoms with Crippen molar-refractivity contribution >= 4 is 21.6 Å². The number of sulfonamides is 1. The van der Waals surface area contributed by atoms with Gasteiger partial charge in [-0.15, -0.1) is 0 Å². The Morgan fingerprint density at radius 2 is 2.10 bits per heavy atom. The van der Waals surface area contributed by atoms with E-state index in [4.69, 9.17) is 22.6 Å². The maximum absolute atomic E-state index is 12.2. The van der Waals surface area contributed by atoms with Crippen molar-refractivity contribution in [1.29, 1.82) is 5.26 Å². The SMILES string of the molecule is CC(C)CC(CN)NS(=O)(=O)c1ccc(Cl)c(C#N)c1. The number of nitrogens with zero attached hydrogens (tertiary/aromatic N) is 1. The van der Waals surface area contributed by atoms with Crippen LogP contribution in [0.25, 0.3) is 0 Å². The van der Waals surface area contributed by atoms with Gasteiger partial charge in [0.05, 0.1) is 15.5 Å². The van der Waals surface area contributed by atoms with Crippen LogP contribution in [0.5, 0.6) is 0 Å². The smallest absolute Gasteiger partial charge is 0.240 e. The Hall–Kier alpha value is -1.13. The van der Waals surface area contributed by atoms with Crippen LogP contribution in [-0.4, -0.2) is 21.0 Å². The molecule has 1 aromatic rings. The molecule has 20 heavy (non-hydrogen) atoms. The Bertz CT molecular complexity index is 609. The normalized spacial score (nSPS) is 13.2. The van der Waals surface area contributed by atoms with E-state index in [1.165, 1.54) is 18.2 Å². The fourth-order valence-electron chi connectivity index (χ4n) is 1.81. The number of nitrogens with one attached hydrogen (secondary N) is 1.